The summed E-state index contributed by atoms with van der Waals surface area (Å²) < 4.78 is 0. The van der Waals surface area contributed by atoms with Crippen molar-refractivity contribution in [3.05, 3.63) is 11.1 Å². The molecule has 1 heterocycles. The van der Waals surface area contributed by atoms with Gasteiger partial charge in [0.2, 0.25) is 0 Å². The highest BCUT2D eigenvalue weighted by atomic mass is 32.1. The Morgan fingerprint density at radius 1 is 1.35 bits per heavy atom. The Labute approximate surface area is 127 Å². The highest BCUT2D eigenvalue weighted by molar-refractivity contribution is 7.13. The van der Waals surface area contributed by atoms with E-state index in [2.05, 4.69) is 36.4 Å². The second-order valence-corrected chi connectivity index (χ2v) is 7.06. The molecule has 114 valence electrons. The normalized spacial score (nSPS) is 16.8. The Bertz CT molecular complexity index is 383. The summed E-state index contributed by atoms with van der Waals surface area (Å²) in [5.74, 6) is 0.697. The van der Waals surface area contributed by atoms with Gasteiger partial charge in [-0.3, -0.25) is 0 Å². The molecule has 2 rings (SSSR count). The first-order valence-corrected chi connectivity index (χ1v) is 9.00. The molecule has 1 aromatic rings. The van der Waals surface area contributed by atoms with Crippen LogP contribution in [-0.4, -0.2) is 24.1 Å². The average Bonchev–Trinajstić information content (AvgIpc) is 2.89. The largest absolute Gasteiger partial charge is 0.345 e. The van der Waals surface area contributed by atoms with Crippen LogP contribution in [-0.2, 0) is 6.54 Å². The molecule has 0 bridgehead atoms. The summed E-state index contributed by atoms with van der Waals surface area (Å²) in [6, 6.07) is 0.719. The standard InChI is InChI=1S/C16H29N3S/c1-4-19(15-8-6-5-7-9-15)16-18-14(12-20-16)11-17-10-13(2)3/h12-13,15,17H,4-11H2,1-3H3. The van der Waals surface area contributed by atoms with E-state index in [9.17, 15) is 0 Å². The molecule has 1 aliphatic carbocycles. The van der Waals surface area contributed by atoms with E-state index in [0.29, 0.717) is 5.92 Å². The van der Waals surface area contributed by atoms with Gasteiger partial charge in [-0.25, -0.2) is 4.98 Å². The number of nitrogens with one attached hydrogen (secondary N) is 1. The van der Waals surface area contributed by atoms with Crippen LogP contribution < -0.4 is 10.2 Å². The molecule has 20 heavy (non-hydrogen) atoms. The van der Waals surface area contributed by atoms with E-state index >= 15 is 0 Å². The molecule has 0 saturated heterocycles. The number of hydrogen-bond acceptors (Lipinski definition) is 4. The summed E-state index contributed by atoms with van der Waals surface area (Å²) in [6.45, 7) is 9.77. The van der Waals surface area contributed by atoms with Gasteiger partial charge in [-0.05, 0) is 32.2 Å². The van der Waals surface area contributed by atoms with Gasteiger partial charge < -0.3 is 10.2 Å². The Balaban J connectivity index is 1.91. The van der Waals surface area contributed by atoms with Crippen LogP contribution in [0.4, 0.5) is 5.13 Å². The van der Waals surface area contributed by atoms with Crippen molar-refractivity contribution in [3.63, 3.8) is 0 Å². The predicted molar refractivity (Wildman–Crippen MR) is 88.6 cm³/mol. The molecule has 0 amide bonds. The maximum Gasteiger partial charge on any atom is 0.185 e. The zero-order chi connectivity index (χ0) is 14.4. The number of hydrogen-bond donors (Lipinski definition) is 1. The van der Waals surface area contributed by atoms with Crippen LogP contribution in [0.15, 0.2) is 5.38 Å². The first-order chi connectivity index (χ1) is 9.70. The fraction of sp³-hybridized carbons (Fsp3) is 0.812. The van der Waals surface area contributed by atoms with Gasteiger partial charge in [-0.15, -0.1) is 11.3 Å². The molecule has 0 unspecified atom stereocenters. The quantitative estimate of drug-likeness (QED) is 0.822. The van der Waals surface area contributed by atoms with E-state index in [-0.39, 0.29) is 0 Å². The van der Waals surface area contributed by atoms with Crippen molar-refractivity contribution in [2.24, 2.45) is 5.92 Å². The summed E-state index contributed by atoms with van der Waals surface area (Å²) >= 11 is 1.81. The molecule has 1 aromatic heterocycles. The van der Waals surface area contributed by atoms with Crippen LogP contribution in [0.25, 0.3) is 0 Å². The molecule has 0 atom stereocenters. The lowest BCUT2D eigenvalue weighted by molar-refractivity contribution is 0.417. The van der Waals surface area contributed by atoms with Crippen LogP contribution in [0, 0.1) is 5.92 Å². The second-order valence-electron chi connectivity index (χ2n) is 6.22. The van der Waals surface area contributed by atoms with Gasteiger partial charge in [0.05, 0.1) is 5.69 Å². The predicted octanol–water partition coefficient (Wildman–Crippen LogP) is 4.05. The molecule has 1 fully saturated rings. The van der Waals surface area contributed by atoms with Crippen molar-refractivity contribution in [2.45, 2.75) is 65.5 Å². The SMILES string of the molecule is CCN(c1nc(CNCC(C)C)cs1)C1CCCCC1. The average molecular weight is 295 g/mol. The molecule has 4 heteroatoms. The number of rotatable bonds is 7. The minimum atomic E-state index is 0.697. The van der Waals surface area contributed by atoms with Crippen LogP contribution >= 0.6 is 11.3 Å². The Kier molecular flexibility index (Phi) is 6.30. The fourth-order valence-electron chi connectivity index (χ4n) is 2.94. The number of nitrogens with zero attached hydrogens (tertiary/aromatic N) is 2. The molecule has 0 spiro atoms. The highest BCUT2D eigenvalue weighted by Gasteiger charge is 2.22. The Morgan fingerprint density at radius 2 is 2.10 bits per heavy atom. The maximum absolute atomic E-state index is 4.84. The molecular formula is C16H29N3S. The maximum atomic E-state index is 4.84. The minimum Gasteiger partial charge on any atom is -0.345 e. The second kappa shape index (κ2) is 7.99. The van der Waals surface area contributed by atoms with Crippen molar-refractivity contribution < 1.29 is 0 Å². The van der Waals surface area contributed by atoms with Crippen LogP contribution in [0.1, 0.15) is 58.6 Å². The van der Waals surface area contributed by atoms with Gasteiger partial charge in [0.15, 0.2) is 5.13 Å². The minimum absolute atomic E-state index is 0.697. The van der Waals surface area contributed by atoms with Crippen LogP contribution in [0.5, 0.6) is 0 Å². The first kappa shape index (κ1) is 15.8. The Morgan fingerprint density at radius 3 is 2.75 bits per heavy atom. The lowest BCUT2D eigenvalue weighted by atomic mass is 9.94. The molecule has 0 aromatic carbocycles. The third-order valence-electron chi connectivity index (χ3n) is 4.00. The molecule has 1 aliphatic rings. The van der Waals surface area contributed by atoms with Crippen LogP contribution in [0.3, 0.4) is 0 Å². The van der Waals surface area contributed by atoms with Gasteiger partial charge in [0.25, 0.3) is 0 Å². The number of aromatic nitrogens is 1. The third-order valence-corrected chi connectivity index (χ3v) is 4.93. The van der Waals surface area contributed by atoms with E-state index in [1.165, 1.54) is 42.9 Å². The summed E-state index contributed by atoms with van der Waals surface area (Å²) in [6.07, 6.45) is 6.86. The van der Waals surface area contributed by atoms with Crippen molar-refractivity contribution in [1.82, 2.24) is 10.3 Å². The van der Waals surface area contributed by atoms with Crippen molar-refractivity contribution in [1.29, 1.82) is 0 Å². The van der Waals surface area contributed by atoms with Crippen LogP contribution in [0.2, 0.25) is 0 Å². The summed E-state index contributed by atoms with van der Waals surface area (Å²) in [5, 5.41) is 6.92. The van der Waals surface area contributed by atoms with Crippen molar-refractivity contribution >= 4 is 16.5 Å². The Hall–Kier alpha value is -0.610. The van der Waals surface area contributed by atoms with E-state index in [0.717, 1.165) is 25.7 Å². The molecule has 1 saturated carbocycles. The van der Waals surface area contributed by atoms with E-state index < -0.39 is 0 Å². The zero-order valence-electron chi connectivity index (χ0n) is 13.2. The first-order valence-electron chi connectivity index (χ1n) is 8.12. The highest BCUT2D eigenvalue weighted by Crippen LogP contribution is 2.29. The van der Waals surface area contributed by atoms with Gasteiger partial charge in [-0.1, -0.05) is 33.1 Å². The third kappa shape index (κ3) is 4.45. The van der Waals surface area contributed by atoms with Gasteiger partial charge in [0.1, 0.15) is 0 Å². The van der Waals surface area contributed by atoms with Gasteiger partial charge >= 0.3 is 0 Å². The van der Waals surface area contributed by atoms with E-state index in [1.54, 1.807) is 0 Å². The lowest BCUT2D eigenvalue weighted by Crippen LogP contribution is -2.36. The summed E-state index contributed by atoms with van der Waals surface area (Å²) in [7, 11) is 0. The van der Waals surface area contributed by atoms with E-state index in [4.69, 9.17) is 4.98 Å². The molecule has 1 N–H and O–H groups in total. The number of anilines is 1. The molecular weight excluding hydrogens is 266 g/mol. The van der Waals surface area contributed by atoms with Crippen molar-refractivity contribution in [2.75, 3.05) is 18.0 Å². The van der Waals surface area contributed by atoms with Crippen molar-refractivity contribution in [3.8, 4) is 0 Å². The smallest absolute Gasteiger partial charge is 0.185 e. The topological polar surface area (TPSA) is 28.2 Å². The summed E-state index contributed by atoms with van der Waals surface area (Å²) in [4.78, 5) is 7.36. The molecule has 0 aliphatic heterocycles. The number of thiazole rings is 1. The lowest BCUT2D eigenvalue weighted by Gasteiger charge is -2.33. The monoisotopic (exact) mass is 295 g/mol. The van der Waals surface area contributed by atoms with Gasteiger partial charge in [-0.2, -0.15) is 0 Å². The summed E-state index contributed by atoms with van der Waals surface area (Å²) in [5.41, 5.74) is 1.19. The van der Waals surface area contributed by atoms with Gasteiger partial charge in [0, 0.05) is 24.5 Å². The molecule has 3 nitrogen and oxygen atoms in total. The zero-order valence-corrected chi connectivity index (χ0v) is 14.0. The van der Waals surface area contributed by atoms with E-state index in [1.807, 2.05) is 11.3 Å². The molecule has 0 radical (unpaired) electrons. The fourth-order valence-corrected chi connectivity index (χ4v) is 3.90.